The number of carbonyl (C=O) groups is 1. The molecule has 2 amide bonds. The largest absolute Gasteiger partial charge is 0.439 e. The highest BCUT2D eigenvalue weighted by atomic mass is 16.5. The number of nitrogens with one attached hydrogen (secondary N) is 2. The lowest BCUT2D eigenvalue weighted by atomic mass is 10.2. The van der Waals surface area contributed by atoms with Crippen molar-refractivity contribution in [3.8, 4) is 11.6 Å². The SMILES string of the molecule is CCc1cccc(Oc2ccc(NC(=O)NCCOC)cn2)c1. The summed E-state index contributed by atoms with van der Waals surface area (Å²) in [4.78, 5) is 15.8. The second-order valence-corrected chi connectivity index (χ2v) is 4.86. The molecule has 0 spiro atoms. The van der Waals surface area contributed by atoms with Crippen LogP contribution in [0.5, 0.6) is 11.6 Å². The van der Waals surface area contributed by atoms with E-state index in [9.17, 15) is 4.79 Å². The van der Waals surface area contributed by atoms with Crippen LogP contribution in [0.25, 0.3) is 0 Å². The van der Waals surface area contributed by atoms with Crippen molar-refractivity contribution in [2.24, 2.45) is 0 Å². The van der Waals surface area contributed by atoms with Crippen LogP contribution in [0, 0.1) is 0 Å². The molecule has 0 fully saturated rings. The molecule has 23 heavy (non-hydrogen) atoms. The first-order chi connectivity index (χ1) is 11.2. The molecular formula is C17H21N3O3. The number of urea groups is 1. The van der Waals surface area contributed by atoms with E-state index in [1.807, 2.05) is 18.2 Å². The van der Waals surface area contributed by atoms with Gasteiger partial charge in [0.2, 0.25) is 5.88 Å². The van der Waals surface area contributed by atoms with Gasteiger partial charge in [-0.1, -0.05) is 19.1 Å². The third kappa shape index (κ3) is 5.60. The molecule has 6 heteroatoms. The molecule has 0 aliphatic carbocycles. The molecule has 0 atom stereocenters. The quantitative estimate of drug-likeness (QED) is 0.770. The number of methoxy groups -OCH3 is 1. The van der Waals surface area contributed by atoms with Gasteiger partial charge in [-0.15, -0.1) is 0 Å². The molecule has 1 heterocycles. The number of aromatic nitrogens is 1. The van der Waals surface area contributed by atoms with Crippen molar-refractivity contribution in [2.45, 2.75) is 13.3 Å². The van der Waals surface area contributed by atoms with Crippen LogP contribution in [-0.4, -0.2) is 31.3 Å². The summed E-state index contributed by atoms with van der Waals surface area (Å²) in [6.07, 6.45) is 2.50. The number of pyridine rings is 1. The zero-order chi connectivity index (χ0) is 16.5. The summed E-state index contributed by atoms with van der Waals surface area (Å²) in [5.74, 6) is 1.22. The standard InChI is InChI=1S/C17H21N3O3/c1-3-13-5-4-6-15(11-13)23-16-8-7-14(12-19-16)20-17(21)18-9-10-22-2/h4-8,11-12H,3,9-10H2,1-2H3,(H2,18,20,21). The summed E-state index contributed by atoms with van der Waals surface area (Å²) in [6, 6.07) is 11.0. The Labute approximate surface area is 135 Å². The highest BCUT2D eigenvalue weighted by Gasteiger charge is 2.03. The molecule has 2 rings (SSSR count). The molecule has 0 bridgehead atoms. The van der Waals surface area contributed by atoms with Gasteiger partial charge in [0.15, 0.2) is 0 Å². The molecule has 0 saturated heterocycles. The fourth-order valence-electron chi connectivity index (χ4n) is 1.91. The van der Waals surface area contributed by atoms with E-state index in [1.165, 1.54) is 5.56 Å². The number of hydrogen-bond acceptors (Lipinski definition) is 4. The highest BCUT2D eigenvalue weighted by molar-refractivity contribution is 5.88. The molecule has 122 valence electrons. The Morgan fingerprint density at radius 3 is 2.83 bits per heavy atom. The average molecular weight is 315 g/mol. The Balaban J connectivity index is 1.90. The molecule has 0 saturated carbocycles. The summed E-state index contributed by atoms with van der Waals surface area (Å²) in [5, 5.41) is 5.35. The fourth-order valence-corrected chi connectivity index (χ4v) is 1.91. The molecule has 0 unspecified atom stereocenters. The molecule has 2 N–H and O–H groups in total. The summed E-state index contributed by atoms with van der Waals surface area (Å²) in [5.41, 5.74) is 1.79. The number of benzene rings is 1. The predicted octanol–water partition coefficient (Wildman–Crippen LogP) is 3.20. The molecule has 0 aliphatic heterocycles. The summed E-state index contributed by atoms with van der Waals surface area (Å²) >= 11 is 0. The van der Waals surface area contributed by atoms with E-state index < -0.39 is 0 Å². The number of nitrogens with zero attached hydrogens (tertiary/aromatic N) is 1. The van der Waals surface area contributed by atoms with E-state index in [4.69, 9.17) is 9.47 Å². The van der Waals surface area contributed by atoms with Gasteiger partial charge in [0.05, 0.1) is 18.5 Å². The van der Waals surface area contributed by atoms with E-state index in [-0.39, 0.29) is 6.03 Å². The monoisotopic (exact) mass is 315 g/mol. The normalized spacial score (nSPS) is 10.2. The zero-order valence-corrected chi connectivity index (χ0v) is 13.3. The van der Waals surface area contributed by atoms with E-state index in [2.05, 4.69) is 28.6 Å². The summed E-state index contributed by atoms with van der Waals surface area (Å²) in [7, 11) is 1.58. The van der Waals surface area contributed by atoms with Crippen LogP contribution in [0.1, 0.15) is 12.5 Å². The third-order valence-corrected chi connectivity index (χ3v) is 3.12. The van der Waals surface area contributed by atoms with Crippen molar-refractivity contribution < 1.29 is 14.3 Å². The zero-order valence-electron chi connectivity index (χ0n) is 13.3. The maximum absolute atomic E-state index is 11.6. The van der Waals surface area contributed by atoms with Gasteiger partial charge in [0.25, 0.3) is 0 Å². The first-order valence-corrected chi connectivity index (χ1v) is 7.48. The summed E-state index contributed by atoms with van der Waals surface area (Å²) < 4.78 is 10.6. The van der Waals surface area contributed by atoms with Crippen molar-refractivity contribution in [3.63, 3.8) is 0 Å². The van der Waals surface area contributed by atoms with Gasteiger partial charge in [0.1, 0.15) is 5.75 Å². The van der Waals surface area contributed by atoms with E-state index in [0.717, 1.165) is 12.2 Å². The summed E-state index contributed by atoms with van der Waals surface area (Å²) in [6.45, 7) is 3.01. The smallest absolute Gasteiger partial charge is 0.319 e. The number of amides is 2. The fraction of sp³-hybridized carbons (Fsp3) is 0.294. The van der Waals surface area contributed by atoms with Crippen LogP contribution in [0.4, 0.5) is 10.5 Å². The van der Waals surface area contributed by atoms with Crippen LogP contribution < -0.4 is 15.4 Å². The maximum atomic E-state index is 11.6. The number of ether oxygens (including phenoxy) is 2. The molecule has 0 aliphatic rings. The van der Waals surface area contributed by atoms with Gasteiger partial charge >= 0.3 is 6.03 Å². The van der Waals surface area contributed by atoms with E-state index in [1.54, 1.807) is 25.4 Å². The Hall–Kier alpha value is -2.60. The Kier molecular flexibility index (Phi) is 6.38. The van der Waals surface area contributed by atoms with Crippen LogP contribution in [0.3, 0.4) is 0 Å². The van der Waals surface area contributed by atoms with Crippen molar-refractivity contribution in [2.75, 3.05) is 25.6 Å². The van der Waals surface area contributed by atoms with Crippen molar-refractivity contribution in [3.05, 3.63) is 48.2 Å². The van der Waals surface area contributed by atoms with Gasteiger partial charge in [-0.2, -0.15) is 0 Å². The van der Waals surface area contributed by atoms with Gasteiger partial charge in [-0.05, 0) is 30.2 Å². The van der Waals surface area contributed by atoms with E-state index >= 15 is 0 Å². The van der Waals surface area contributed by atoms with Gasteiger partial charge in [0, 0.05) is 19.7 Å². The lowest BCUT2D eigenvalue weighted by Crippen LogP contribution is -2.31. The van der Waals surface area contributed by atoms with Crippen molar-refractivity contribution in [1.29, 1.82) is 0 Å². The van der Waals surface area contributed by atoms with Gasteiger partial charge in [-0.3, -0.25) is 0 Å². The minimum atomic E-state index is -0.298. The molecule has 1 aromatic carbocycles. The van der Waals surface area contributed by atoms with Crippen LogP contribution in [0.2, 0.25) is 0 Å². The van der Waals surface area contributed by atoms with Gasteiger partial charge < -0.3 is 20.1 Å². The second-order valence-electron chi connectivity index (χ2n) is 4.86. The van der Waals surface area contributed by atoms with Crippen molar-refractivity contribution >= 4 is 11.7 Å². The molecule has 1 aromatic heterocycles. The van der Waals surface area contributed by atoms with E-state index in [0.29, 0.717) is 24.7 Å². The highest BCUT2D eigenvalue weighted by Crippen LogP contribution is 2.21. The molecule has 0 radical (unpaired) electrons. The Morgan fingerprint density at radius 2 is 2.13 bits per heavy atom. The van der Waals surface area contributed by atoms with Crippen LogP contribution in [0.15, 0.2) is 42.6 Å². The van der Waals surface area contributed by atoms with Crippen LogP contribution in [-0.2, 0) is 11.2 Å². The molecule has 2 aromatic rings. The number of aryl methyl sites for hydroxylation is 1. The minimum Gasteiger partial charge on any atom is -0.439 e. The average Bonchev–Trinajstić information content (AvgIpc) is 2.57. The number of anilines is 1. The minimum absolute atomic E-state index is 0.298. The lowest BCUT2D eigenvalue weighted by Gasteiger charge is -2.09. The Bertz CT molecular complexity index is 629. The third-order valence-electron chi connectivity index (χ3n) is 3.12. The molecular weight excluding hydrogens is 294 g/mol. The predicted molar refractivity (Wildman–Crippen MR) is 89.0 cm³/mol. The topological polar surface area (TPSA) is 72.5 Å². The maximum Gasteiger partial charge on any atom is 0.319 e. The molecule has 6 nitrogen and oxygen atoms in total. The first-order valence-electron chi connectivity index (χ1n) is 7.48. The van der Waals surface area contributed by atoms with Crippen molar-refractivity contribution in [1.82, 2.24) is 10.3 Å². The number of hydrogen-bond donors (Lipinski definition) is 2. The van der Waals surface area contributed by atoms with Gasteiger partial charge in [-0.25, -0.2) is 9.78 Å². The number of rotatable bonds is 7. The number of carbonyl (C=O) groups excluding carboxylic acids is 1. The Morgan fingerprint density at radius 1 is 1.26 bits per heavy atom. The first kappa shape index (κ1) is 16.8. The lowest BCUT2D eigenvalue weighted by molar-refractivity contribution is 0.198. The van der Waals surface area contributed by atoms with Crippen LogP contribution >= 0.6 is 0 Å². The second kappa shape index (κ2) is 8.75.